The molecule has 0 radical (unpaired) electrons. The van der Waals surface area contributed by atoms with Crippen LogP contribution in [0.5, 0.6) is 0 Å². The van der Waals surface area contributed by atoms with Crippen LogP contribution in [-0.4, -0.2) is 10.1 Å². The second-order valence-corrected chi connectivity index (χ2v) is 4.35. The summed E-state index contributed by atoms with van der Waals surface area (Å²) in [6.07, 6.45) is 0. The molecule has 0 atom stereocenters. The number of aromatic nitrogens is 2. The summed E-state index contributed by atoms with van der Waals surface area (Å²) in [5.41, 5.74) is 5.90. The van der Waals surface area contributed by atoms with E-state index in [0.29, 0.717) is 11.7 Å². The molecule has 0 spiro atoms. The molecule has 0 amide bonds. The van der Waals surface area contributed by atoms with Gasteiger partial charge in [0.2, 0.25) is 5.89 Å². The van der Waals surface area contributed by atoms with Gasteiger partial charge in [0.1, 0.15) is 5.82 Å². The fourth-order valence-electron chi connectivity index (χ4n) is 1.59. The Bertz CT molecular complexity index is 505. The molecule has 0 aliphatic carbocycles. The van der Waals surface area contributed by atoms with Gasteiger partial charge in [0.15, 0.2) is 5.82 Å². The summed E-state index contributed by atoms with van der Waals surface area (Å²) in [4.78, 5) is 4.20. The van der Waals surface area contributed by atoms with Gasteiger partial charge in [0.05, 0.1) is 12.0 Å². The molecule has 2 N–H and O–H groups in total. The van der Waals surface area contributed by atoms with Gasteiger partial charge in [-0.15, -0.1) is 0 Å². The number of benzene rings is 1. The minimum Gasteiger partial charge on any atom is -0.338 e. The molecule has 0 bridgehead atoms. The van der Waals surface area contributed by atoms with Gasteiger partial charge in [-0.3, -0.25) is 0 Å². The van der Waals surface area contributed by atoms with E-state index in [2.05, 4.69) is 10.1 Å². The van der Waals surface area contributed by atoms with Crippen molar-refractivity contribution in [3.8, 4) is 0 Å². The number of hydrogen-bond donors (Lipinski definition) is 1. The quantitative estimate of drug-likeness (QED) is 0.883. The molecule has 1 aromatic carbocycles. The molecule has 1 heterocycles. The SMILES string of the molecule is CC(C)(c1ccc(F)cc1)c1noc(CN)n1. The average molecular weight is 235 g/mol. The van der Waals surface area contributed by atoms with Crippen LogP contribution in [-0.2, 0) is 12.0 Å². The molecule has 0 aliphatic heterocycles. The van der Waals surface area contributed by atoms with Gasteiger partial charge in [0.25, 0.3) is 0 Å². The predicted octanol–water partition coefficient (Wildman–Crippen LogP) is 1.99. The first-order valence-corrected chi connectivity index (χ1v) is 5.33. The maximum Gasteiger partial charge on any atom is 0.240 e. The molecule has 0 aliphatic rings. The van der Waals surface area contributed by atoms with Crippen LogP contribution in [0.25, 0.3) is 0 Å². The fraction of sp³-hybridized carbons (Fsp3) is 0.333. The highest BCUT2D eigenvalue weighted by atomic mass is 19.1. The van der Waals surface area contributed by atoms with Gasteiger partial charge in [-0.2, -0.15) is 4.98 Å². The molecule has 5 heteroatoms. The molecule has 0 saturated heterocycles. The normalized spacial score (nSPS) is 11.8. The van der Waals surface area contributed by atoms with Gasteiger partial charge in [0, 0.05) is 0 Å². The Hall–Kier alpha value is -1.75. The van der Waals surface area contributed by atoms with Crippen LogP contribution in [0.2, 0.25) is 0 Å². The van der Waals surface area contributed by atoms with Crippen molar-refractivity contribution in [2.24, 2.45) is 5.73 Å². The van der Waals surface area contributed by atoms with Crippen LogP contribution >= 0.6 is 0 Å². The second-order valence-electron chi connectivity index (χ2n) is 4.35. The summed E-state index contributed by atoms with van der Waals surface area (Å²) in [6.45, 7) is 4.11. The lowest BCUT2D eigenvalue weighted by Crippen LogP contribution is -2.21. The Morgan fingerprint density at radius 3 is 2.47 bits per heavy atom. The highest BCUT2D eigenvalue weighted by molar-refractivity contribution is 5.30. The topological polar surface area (TPSA) is 64.9 Å². The van der Waals surface area contributed by atoms with Gasteiger partial charge >= 0.3 is 0 Å². The number of nitrogens with zero attached hydrogens (tertiary/aromatic N) is 2. The Morgan fingerprint density at radius 1 is 1.29 bits per heavy atom. The third-order valence-electron chi connectivity index (χ3n) is 2.77. The van der Waals surface area contributed by atoms with Gasteiger partial charge in [-0.25, -0.2) is 4.39 Å². The highest BCUT2D eigenvalue weighted by Crippen LogP contribution is 2.29. The zero-order chi connectivity index (χ0) is 12.5. The van der Waals surface area contributed by atoms with Crippen molar-refractivity contribution in [3.63, 3.8) is 0 Å². The Kier molecular flexibility index (Phi) is 2.93. The van der Waals surface area contributed by atoms with E-state index >= 15 is 0 Å². The third kappa shape index (κ3) is 2.19. The maximum atomic E-state index is 12.9. The van der Waals surface area contributed by atoms with E-state index in [9.17, 15) is 4.39 Å². The van der Waals surface area contributed by atoms with Gasteiger partial charge in [-0.1, -0.05) is 17.3 Å². The molecule has 4 nitrogen and oxygen atoms in total. The first kappa shape index (κ1) is 11.7. The Morgan fingerprint density at radius 2 is 1.94 bits per heavy atom. The summed E-state index contributed by atoms with van der Waals surface area (Å²) < 4.78 is 17.9. The predicted molar refractivity (Wildman–Crippen MR) is 60.7 cm³/mol. The molecule has 0 saturated carbocycles. The molecule has 2 aromatic rings. The van der Waals surface area contributed by atoms with Crippen LogP contribution in [0.4, 0.5) is 4.39 Å². The lowest BCUT2D eigenvalue weighted by molar-refractivity contribution is 0.367. The smallest absolute Gasteiger partial charge is 0.240 e. The van der Waals surface area contributed by atoms with Crippen molar-refractivity contribution in [3.05, 3.63) is 47.4 Å². The van der Waals surface area contributed by atoms with Crippen molar-refractivity contribution < 1.29 is 8.91 Å². The Balaban J connectivity index is 2.37. The van der Waals surface area contributed by atoms with E-state index < -0.39 is 5.41 Å². The number of nitrogens with two attached hydrogens (primary N) is 1. The summed E-state index contributed by atoms with van der Waals surface area (Å²) in [6, 6.07) is 6.27. The van der Waals surface area contributed by atoms with Crippen molar-refractivity contribution in [1.29, 1.82) is 0 Å². The van der Waals surface area contributed by atoms with Crippen LogP contribution in [0.15, 0.2) is 28.8 Å². The van der Waals surface area contributed by atoms with E-state index in [4.69, 9.17) is 10.3 Å². The molecular formula is C12H14FN3O. The fourth-order valence-corrected chi connectivity index (χ4v) is 1.59. The van der Waals surface area contributed by atoms with Crippen molar-refractivity contribution in [1.82, 2.24) is 10.1 Å². The zero-order valence-corrected chi connectivity index (χ0v) is 9.77. The second kappa shape index (κ2) is 4.25. The van der Waals surface area contributed by atoms with Crippen LogP contribution in [0.1, 0.15) is 31.1 Å². The standard InChI is InChI=1S/C12H14FN3O/c1-12(2,8-3-5-9(13)6-4-8)11-15-10(7-14)17-16-11/h3-6H,7,14H2,1-2H3. The lowest BCUT2D eigenvalue weighted by Gasteiger charge is -2.20. The summed E-state index contributed by atoms with van der Waals surface area (Å²) in [7, 11) is 0. The third-order valence-corrected chi connectivity index (χ3v) is 2.77. The maximum absolute atomic E-state index is 12.9. The minimum absolute atomic E-state index is 0.215. The van der Waals surface area contributed by atoms with Crippen LogP contribution in [0.3, 0.4) is 0 Å². The molecule has 0 unspecified atom stereocenters. The van der Waals surface area contributed by atoms with Crippen LogP contribution in [0, 0.1) is 5.82 Å². The summed E-state index contributed by atoms with van der Waals surface area (Å²) in [5, 5.41) is 3.90. The van der Waals surface area contributed by atoms with Gasteiger partial charge < -0.3 is 10.3 Å². The largest absolute Gasteiger partial charge is 0.338 e. The summed E-state index contributed by atoms with van der Waals surface area (Å²) >= 11 is 0. The lowest BCUT2D eigenvalue weighted by atomic mass is 9.84. The average Bonchev–Trinajstić information content (AvgIpc) is 2.78. The minimum atomic E-state index is -0.440. The van der Waals surface area contributed by atoms with E-state index in [1.54, 1.807) is 12.1 Å². The molecule has 1 aromatic heterocycles. The van der Waals surface area contributed by atoms with E-state index in [1.165, 1.54) is 12.1 Å². The molecule has 90 valence electrons. The van der Waals surface area contributed by atoms with Gasteiger partial charge in [-0.05, 0) is 31.5 Å². The number of hydrogen-bond acceptors (Lipinski definition) is 4. The zero-order valence-electron chi connectivity index (χ0n) is 9.77. The Labute approximate surface area is 98.6 Å². The molecular weight excluding hydrogens is 221 g/mol. The monoisotopic (exact) mass is 235 g/mol. The molecule has 17 heavy (non-hydrogen) atoms. The van der Waals surface area contributed by atoms with Crippen LogP contribution < -0.4 is 5.73 Å². The van der Waals surface area contributed by atoms with Crippen molar-refractivity contribution >= 4 is 0 Å². The number of rotatable bonds is 3. The first-order valence-electron chi connectivity index (χ1n) is 5.33. The van der Waals surface area contributed by atoms with Crippen molar-refractivity contribution in [2.45, 2.75) is 25.8 Å². The summed E-state index contributed by atoms with van der Waals surface area (Å²) in [5.74, 6) is 0.681. The van der Waals surface area contributed by atoms with E-state index in [0.717, 1.165) is 5.56 Å². The number of halogens is 1. The molecule has 2 rings (SSSR count). The van der Waals surface area contributed by atoms with Crippen molar-refractivity contribution in [2.75, 3.05) is 0 Å². The van der Waals surface area contributed by atoms with E-state index in [-0.39, 0.29) is 12.4 Å². The molecule has 0 fully saturated rings. The first-order chi connectivity index (χ1) is 8.04. The van der Waals surface area contributed by atoms with E-state index in [1.807, 2.05) is 13.8 Å². The highest BCUT2D eigenvalue weighted by Gasteiger charge is 2.28.